The van der Waals surface area contributed by atoms with Crippen molar-refractivity contribution < 1.29 is 5.11 Å². The fourth-order valence-corrected chi connectivity index (χ4v) is 9.16. The van der Waals surface area contributed by atoms with Crippen molar-refractivity contribution in [3.8, 4) is 0 Å². The fraction of sp³-hybridized carbons (Fsp3) is 0.929. The zero-order valence-electron chi connectivity index (χ0n) is 20.3. The van der Waals surface area contributed by atoms with Crippen LogP contribution in [0.5, 0.6) is 0 Å². The minimum absolute atomic E-state index is 0.161. The summed E-state index contributed by atoms with van der Waals surface area (Å²) in [6, 6.07) is 0. The van der Waals surface area contributed by atoms with Crippen molar-refractivity contribution in [2.75, 3.05) is 0 Å². The molecule has 166 valence electrons. The third-order valence-electron chi connectivity index (χ3n) is 10.8. The molecule has 4 aliphatic carbocycles. The van der Waals surface area contributed by atoms with Crippen molar-refractivity contribution in [3.63, 3.8) is 0 Å². The Morgan fingerprint density at radius 1 is 0.931 bits per heavy atom. The molecule has 1 nitrogen and oxygen atoms in total. The van der Waals surface area contributed by atoms with E-state index in [0.717, 1.165) is 41.9 Å². The van der Waals surface area contributed by atoms with E-state index < -0.39 is 0 Å². The number of aliphatic hydroxyl groups excluding tert-OH is 1. The zero-order chi connectivity index (χ0) is 21.0. The average molecular weight is 401 g/mol. The van der Waals surface area contributed by atoms with E-state index in [2.05, 4.69) is 41.5 Å². The predicted molar refractivity (Wildman–Crippen MR) is 124 cm³/mol. The van der Waals surface area contributed by atoms with Gasteiger partial charge >= 0.3 is 0 Å². The summed E-state index contributed by atoms with van der Waals surface area (Å²) in [4.78, 5) is 0. The highest BCUT2D eigenvalue weighted by Gasteiger charge is 2.59. The molecule has 0 aromatic rings. The van der Waals surface area contributed by atoms with Crippen LogP contribution < -0.4 is 0 Å². The van der Waals surface area contributed by atoms with Crippen LogP contribution >= 0.6 is 0 Å². The smallest absolute Gasteiger partial charge is 0.0750 e. The lowest BCUT2D eigenvalue weighted by atomic mass is 9.46. The van der Waals surface area contributed by atoms with Crippen molar-refractivity contribution in [3.05, 3.63) is 11.1 Å². The molecule has 0 amide bonds. The van der Waals surface area contributed by atoms with Gasteiger partial charge in [0.1, 0.15) is 0 Å². The van der Waals surface area contributed by atoms with Gasteiger partial charge in [-0.1, -0.05) is 59.5 Å². The molecule has 0 spiro atoms. The van der Waals surface area contributed by atoms with E-state index in [1.807, 2.05) is 0 Å². The Morgan fingerprint density at radius 3 is 2.41 bits per heavy atom. The van der Waals surface area contributed by atoms with Gasteiger partial charge in [0.2, 0.25) is 0 Å². The number of hydrogen-bond donors (Lipinski definition) is 1. The lowest BCUT2D eigenvalue weighted by molar-refractivity contribution is -0.0638. The molecule has 0 radical (unpaired) electrons. The molecule has 4 rings (SSSR count). The normalized spacial score (nSPS) is 45.7. The second-order valence-corrected chi connectivity index (χ2v) is 12.6. The lowest BCUT2D eigenvalue weighted by Crippen LogP contribution is -2.51. The predicted octanol–water partition coefficient (Wildman–Crippen LogP) is 7.78. The number of aliphatic hydroxyl groups is 1. The van der Waals surface area contributed by atoms with Gasteiger partial charge in [-0.3, -0.25) is 0 Å². The molecule has 0 aromatic carbocycles. The second kappa shape index (κ2) is 7.99. The third kappa shape index (κ3) is 3.56. The third-order valence-corrected chi connectivity index (χ3v) is 10.8. The lowest BCUT2D eigenvalue weighted by Gasteiger charge is -2.59. The molecule has 4 aliphatic rings. The highest BCUT2D eigenvalue weighted by molar-refractivity contribution is 5.30. The van der Waals surface area contributed by atoms with Gasteiger partial charge in [0.15, 0.2) is 0 Å². The molecule has 0 aromatic heterocycles. The van der Waals surface area contributed by atoms with Crippen LogP contribution in [0.4, 0.5) is 0 Å². The standard InChI is InChI=1S/C28H48O/c1-18(2)8-7-9-19(3)22-12-13-24-21-10-11-23-20(4)26(29)15-17-28(23,6)25(21)14-16-27(22,24)5/h18-19,21-22,24-26,29H,7-17H2,1-6H3/t19-,21+,22-,24+,25+,26+,27-,28+/m1/s1. The molecule has 1 N–H and O–H groups in total. The molecule has 0 heterocycles. The van der Waals surface area contributed by atoms with Crippen molar-refractivity contribution in [2.24, 2.45) is 46.3 Å². The first kappa shape index (κ1) is 21.9. The van der Waals surface area contributed by atoms with Crippen LogP contribution in [-0.2, 0) is 0 Å². The van der Waals surface area contributed by atoms with E-state index in [0.29, 0.717) is 10.8 Å². The molecular formula is C28H48O. The Hall–Kier alpha value is -0.300. The maximum Gasteiger partial charge on any atom is 0.0750 e. The average Bonchev–Trinajstić information content (AvgIpc) is 3.02. The number of allylic oxidation sites excluding steroid dienone is 1. The van der Waals surface area contributed by atoms with Crippen molar-refractivity contribution in [1.29, 1.82) is 0 Å². The van der Waals surface area contributed by atoms with Crippen molar-refractivity contribution in [1.82, 2.24) is 0 Å². The van der Waals surface area contributed by atoms with Crippen LogP contribution in [0.1, 0.15) is 112 Å². The van der Waals surface area contributed by atoms with E-state index in [1.54, 1.807) is 5.57 Å². The minimum atomic E-state index is -0.161. The van der Waals surface area contributed by atoms with Gasteiger partial charge in [0.25, 0.3) is 0 Å². The number of hydrogen-bond acceptors (Lipinski definition) is 1. The van der Waals surface area contributed by atoms with E-state index in [1.165, 1.54) is 69.8 Å². The summed E-state index contributed by atoms with van der Waals surface area (Å²) >= 11 is 0. The molecule has 3 saturated carbocycles. The highest BCUT2D eigenvalue weighted by atomic mass is 16.3. The maximum atomic E-state index is 10.5. The molecular weight excluding hydrogens is 352 g/mol. The molecule has 29 heavy (non-hydrogen) atoms. The summed E-state index contributed by atoms with van der Waals surface area (Å²) in [5.74, 6) is 5.50. The minimum Gasteiger partial charge on any atom is -0.389 e. The van der Waals surface area contributed by atoms with Crippen LogP contribution in [0.2, 0.25) is 0 Å². The molecule has 3 fully saturated rings. The van der Waals surface area contributed by atoms with Crippen LogP contribution in [0.3, 0.4) is 0 Å². The molecule has 0 aliphatic heterocycles. The summed E-state index contributed by atoms with van der Waals surface area (Å²) < 4.78 is 0. The van der Waals surface area contributed by atoms with Crippen LogP contribution in [0, 0.1) is 46.3 Å². The number of rotatable bonds is 5. The van der Waals surface area contributed by atoms with Gasteiger partial charge in [-0.25, -0.2) is 0 Å². The van der Waals surface area contributed by atoms with Crippen LogP contribution in [0.25, 0.3) is 0 Å². The van der Waals surface area contributed by atoms with E-state index in [-0.39, 0.29) is 6.10 Å². The van der Waals surface area contributed by atoms with Gasteiger partial charge < -0.3 is 5.11 Å². The first-order valence-electron chi connectivity index (χ1n) is 13.1. The topological polar surface area (TPSA) is 20.2 Å². The highest BCUT2D eigenvalue weighted by Crippen LogP contribution is 2.68. The van der Waals surface area contributed by atoms with Gasteiger partial charge in [0.05, 0.1) is 6.10 Å². The SMILES string of the molecule is CC1=C2CC[C@H]3[C@@H]4CC[C@H]([C@H](C)CCCC(C)C)[C@@]4(C)CC[C@@H]3[C@@]2(C)CC[C@@H]1O. The van der Waals surface area contributed by atoms with Crippen molar-refractivity contribution >= 4 is 0 Å². The van der Waals surface area contributed by atoms with Crippen molar-refractivity contribution in [2.45, 2.75) is 118 Å². The Labute approximate surface area is 181 Å². The Balaban J connectivity index is 1.51. The zero-order valence-corrected chi connectivity index (χ0v) is 20.3. The maximum absolute atomic E-state index is 10.5. The molecule has 0 unspecified atom stereocenters. The van der Waals surface area contributed by atoms with Gasteiger partial charge in [-0.15, -0.1) is 0 Å². The van der Waals surface area contributed by atoms with Crippen LogP contribution in [0.15, 0.2) is 11.1 Å². The number of fused-ring (bicyclic) bond motifs is 5. The quantitative estimate of drug-likeness (QED) is 0.467. The summed E-state index contributed by atoms with van der Waals surface area (Å²) in [5.41, 5.74) is 3.99. The first-order chi connectivity index (χ1) is 13.7. The molecule has 0 bridgehead atoms. The summed E-state index contributed by atoms with van der Waals surface area (Å²) in [7, 11) is 0. The summed E-state index contributed by atoms with van der Waals surface area (Å²) in [6.45, 7) is 14.8. The van der Waals surface area contributed by atoms with Gasteiger partial charge in [-0.2, -0.15) is 0 Å². The van der Waals surface area contributed by atoms with Gasteiger partial charge in [0, 0.05) is 0 Å². The summed E-state index contributed by atoms with van der Waals surface area (Å²) in [6.07, 6.45) is 14.9. The molecule has 1 heteroatoms. The van der Waals surface area contributed by atoms with E-state index >= 15 is 0 Å². The second-order valence-electron chi connectivity index (χ2n) is 12.6. The van der Waals surface area contributed by atoms with E-state index in [4.69, 9.17) is 0 Å². The Morgan fingerprint density at radius 2 is 1.69 bits per heavy atom. The molecule has 8 atom stereocenters. The molecule has 0 saturated heterocycles. The van der Waals surface area contributed by atoms with Crippen LogP contribution in [-0.4, -0.2) is 11.2 Å². The largest absolute Gasteiger partial charge is 0.389 e. The Kier molecular flexibility index (Phi) is 6.04. The summed E-state index contributed by atoms with van der Waals surface area (Å²) in [5, 5.41) is 10.5. The first-order valence-corrected chi connectivity index (χ1v) is 13.1. The monoisotopic (exact) mass is 400 g/mol. The van der Waals surface area contributed by atoms with Gasteiger partial charge in [-0.05, 0) is 110 Å². The fourth-order valence-electron chi connectivity index (χ4n) is 9.16. The van der Waals surface area contributed by atoms with E-state index in [9.17, 15) is 5.11 Å². The Bertz CT molecular complexity index is 632.